The lowest BCUT2D eigenvalue weighted by Crippen LogP contribution is -2.12. The third-order valence-corrected chi connectivity index (χ3v) is 4.01. The quantitative estimate of drug-likeness (QED) is 0.341. The highest BCUT2D eigenvalue weighted by Gasteiger charge is 2.07. The lowest BCUT2D eigenvalue weighted by Gasteiger charge is -2.12. The molecule has 0 aliphatic heterocycles. The fourth-order valence-corrected chi connectivity index (χ4v) is 2.52. The minimum absolute atomic E-state index is 0.158. The molecule has 1 aromatic carbocycles. The van der Waals surface area contributed by atoms with Crippen LogP contribution in [-0.4, -0.2) is 29.4 Å². The number of benzene rings is 1. The van der Waals surface area contributed by atoms with E-state index in [4.69, 9.17) is 9.47 Å². The molecule has 0 saturated carbocycles. The van der Waals surface area contributed by atoms with Gasteiger partial charge in [0.05, 0.1) is 25.1 Å². The minimum atomic E-state index is -0.209. The summed E-state index contributed by atoms with van der Waals surface area (Å²) >= 11 is 0. The van der Waals surface area contributed by atoms with Crippen molar-refractivity contribution in [2.45, 2.75) is 52.9 Å². The smallest absolute Gasteiger partial charge is 0.252 e. The zero-order valence-electron chi connectivity index (χ0n) is 17.1. The highest BCUT2D eigenvalue weighted by atomic mass is 16.5. The van der Waals surface area contributed by atoms with Crippen LogP contribution < -0.4 is 20.5 Å². The van der Waals surface area contributed by atoms with Crippen LogP contribution in [0.3, 0.4) is 0 Å². The number of nitrogens with zero attached hydrogens (tertiary/aromatic N) is 2. The molecule has 28 heavy (non-hydrogen) atoms. The number of ether oxygens (including phenoxy) is 2. The monoisotopic (exact) mass is 386 g/mol. The van der Waals surface area contributed by atoms with Gasteiger partial charge in [0.25, 0.3) is 5.56 Å². The van der Waals surface area contributed by atoms with Crippen molar-refractivity contribution in [1.82, 2.24) is 9.97 Å². The van der Waals surface area contributed by atoms with Crippen LogP contribution >= 0.6 is 0 Å². The van der Waals surface area contributed by atoms with Gasteiger partial charge in [0.1, 0.15) is 0 Å². The topological polar surface area (TPSA) is 88.6 Å². The largest absolute Gasteiger partial charge is 0.490 e. The second-order valence-corrected chi connectivity index (χ2v) is 6.74. The maximum atomic E-state index is 11.7. The third kappa shape index (κ3) is 6.72. The third-order valence-electron chi connectivity index (χ3n) is 4.01. The fourth-order valence-electron chi connectivity index (χ4n) is 2.52. The van der Waals surface area contributed by atoms with E-state index < -0.39 is 0 Å². The molecule has 0 aliphatic rings. The van der Waals surface area contributed by atoms with Gasteiger partial charge in [-0.3, -0.25) is 9.78 Å². The van der Waals surface area contributed by atoms with E-state index in [1.807, 2.05) is 39.0 Å². The van der Waals surface area contributed by atoms with Crippen LogP contribution in [0.1, 0.15) is 64.1 Å². The van der Waals surface area contributed by atoms with E-state index in [1.165, 1.54) is 6.07 Å². The van der Waals surface area contributed by atoms with Crippen molar-refractivity contribution in [3.63, 3.8) is 0 Å². The summed E-state index contributed by atoms with van der Waals surface area (Å²) in [6.07, 6.45) is 4.97. The molecule has 2 N–H and O–H groups in total. The molecule has 7 nitrogen and oxygen atoms in total. The normalized spacial score (nSPS) is 11.2. The van der Waals surface area contributed by atoms with Crippen molar-refractivity contribution >= 4 is 12.2 Å². The number of hydrazone groups is 1. The molecule has 1 aromatic heterocycles. The van der Waals surface area contributed by atoms with E-state index in [9.17, 15) is 4.79 Å². The van der Waals surface area contributed by atoms with Crippen molar-refractivity contribution in [2.75, 3.05) is 18.6 Å². The number of anilines is 1. The summed E-state index contributed by atoms with van der Waals surface area (Å²) in [7, 11) is 0. The van der Waals surface area contributed by atoms with E-state index in [0.717, 1.165) is 30.6 Å². The van der Waals surface area contributed by atoms with Gasteiger partial charge in [0, 0.05) is 6.07 Å². The Bertz CT molecular complexity index is 831. The van der Waals surface area contributed by atoms with Crippen molar-refractivity contribution < 1.29 is 9.47 Å². The Balaban J connectivity index is 2.06. The molecular weight excluding hydrogens is 356 g/mol. The highest BCUT2D eigenvalue weighted by molar-refractivity contribution is 5.81. The van der Waals surface area contributed by atoms with Gasteiger partial charge in [-0.05, 0) is 43.0 Å². The molecule has 0 aliphatic carbocycles. The standard InChI is InChI=1S/C21H30N4O3/c1-5-7-8-11-28-18-10-9-16(12-19(18)27-6-2)14-22-25-21-23-17(15(3)4)13-20(26)24-21/h9-10,12-15H,5-8,11H2,1-4H3,(H2,23,24,25,26)/b22-14-. The lowest BCUT2D eigenvalue weighted by molar-refractivity contribution is 0.271. The number of aromatic amines is 1. The van der Waals surface area contributed by atoms with Gasteiger partial charge in [0.2, 0.25) is 5.95 Å². The number of rotatable bonds is 11. The maximum absolute atomic E-state index is 11.7. The van der Waals surface area contributed by atoms with E-state index in [2.05, 4.69) is 27.4 Å². The molecule has 7 heteroatoms. The molecule has 0 fully saturated rings. The average Bonchev–Trinajstić information content (AvgIpc) is 2.66. The van der Waals surface area contributed by atoms with Crippen LogP contribution in [0.25, 0.3) is 0 Å². The SMILES string of the molecule is CCCCCOc1ccc(/C=N\Nc2nc(C(C)C)cc(=O)[nH]2)cc1OCC. The van der Waals surface area contributed by atoms with E-state index in [0.29, 0.717) is 30.6 Å². The van der Waals surface area contributed by atoms with Crippen LogP contribution in [0, 0.1) is 0 Å². The summed E-state index contributed by atoms with van der Waals surface area (Å²) in [5.74, 6) is 1.90. The molecule has 1 heterocycles. The molecular formula is C21H30N4O3. The highest BCUT2D eigenvalue weighted by Crippen LogP contribution is 2.28. The van der Waals surface area contributed by atoms with Crippen molar-refractivity contribution in [2.24, 2.45) is 5.10 Å². The Kier molecular flexibility index (Phi) is 8.52. The Labute approximate surface area is 166 Å². The van der Waals surface area contributed by atoms with Crippen LogP contribution in [0.15, 0.2) is 34.2 Å². The Morgan fingerprint density at radius 3 is 2.71 bits per heavy atom. The summed E-state index contributed by atoms with van der Waals surface area (Å²) < 4.78 is 11.5. The number of nitrogens with one attached hydrogen (secondary N) is 2. The molecule has 0 amide bonds. The van der Waals surface area contributed by atoms with Gasteiger partial charge in [-0.25, -0.2) is 10.4 Å². The maximum Gasteiger partial charge on any atom is 0.252 e. The summed E-state index contributed by atoms with van der Waals surface area (Å²) in [6, 6.07) is 7.17. The molecule has 2 aromatic rings. The van der Waals surface area contributed by atoms with Crippen molar-refractivity contribution in [3.05, 3.63) is 45.9 Å². The van der Waals surface area contributed by atoms with E-state index in [-0.39, 0.29) is 11.5 Å². The molecule has 0 atom stereocenters. The van der Waals surface area contributed by atoms with Gasteiger partial charge >= 0.3 is 0 Å². The molecule has 152 valence electrons. The molecule has 0 unspecified atom stereocenters. The summed E-state index contributed by atoms with van der Waals surface area (Å²) in [6.45, 7) is 9.29. The van der Waals surface area contributed by atoms with Gasteiger partial charge < -0.3 is 9.47 Å². The predicted molar refractivity (Wildman–Crippen MR) is 113 cm³/mol. The number of hydrogen-bond acceptors (Lipinski definition) is 6. The molecule has 0 saturated heterocycles. The summed E-state index contributed by atoms with van der Waals surface area (Å²) in [5, 5.41) is 4.17. The Hall–Kier alpha value is -2.83. The van der Waals surface area contributed by atoms with Crippen LogP contribution in [0.5, 0.6) is 11.5 Å². The van der Waals surface area contributed by atoms with Crippen LogP contribution in [0.2, 0.25) is 0 Å². The fraction of sp³-hybridized carbons (Fsp3) is 0.476. The number of H-pyrrole nitrogens is 1. The molecule has 0 spiro atoms. The molecule has 0 radical (unpaired) electrons. The zero-order valence-corrected chi connectivity index (χ0v) is 17.1. The van der Waals surface area contributed by atoms with E-state index in [1.54, 1.807) is 6.21 Å². The van der Waals surface area contributed by atoms with Gasteiger partial charge in [-0.15, -0.1) is 0 Å². The second kappa shape index (κ2) is 11.1. The van der Waals surface area contributed by atoms with Crippen LogP contribution in [-0.2, 0) is 0 Å². The number of hydrogen-bond donors (Lipinski definition) is 2. The summed E-state index contributed by atoms with van der Waals surface area (Å²) in [5.41, 5.74) is 4.12. The van der Waals surface area contributed by atoms with Crippen LogP contribution in [0.4, 0.5) is 5.95 Å². The first kappa shape index (κ1) is 21.5. The average molecular weight is 386 g/mol. The van der Waals surface area contributed by atoms with Crippen molar-refractivity contribution in [3.8, 4) is 11.5 Å². The number of aromatic nitrogens is 2. The van der Waals surface area contributed by atoms with Gasteiger partial charge in [-0.2, -0.15) is 5.10 Å². The Morgan fingerprint density at radius 2 is 2.00 bits per heavy atom. The summed E-state index contributed by atoms with van der Waals surface area (Å²) in [4.78, 5) is 18.7. The zero-order chi connectivity index (χ0) is 20.4. The Morgan fingerprint density at radius 1 is 1.18 bits per heavy atom. The molecule has 2 rings (SSSR count). The van der Waals surface area contributed by atoms with Crippen molar-refractivity contribution in [1.29, 1.82) is 0 Å². The minimum Gasteiger partial charge on any atom is -0.490 e. The number of unbranched alkanes of at least 4 members (excludes halogenated alkanes) is 2. The first-order chi connectivity index (χ1) is 13.5. The lowest BCUT2D eigenvalue weighted by atomic mass is 10.1. The second-order valence-electron chi connectivity index (χ2n) is 6.74. The van der Waals surface area contributed by atoms with Gasteiger partial charge in [0.15, 0.2) is 11.5 Å². The first-order valence-corrected chi connectivity index (χ1v) is 9.83. The molecule has 0 bridgehead atoms. The van der Waals surface area contributed by atoms with E-state index >= 15 is 0 Å². The van der Waals surface area contributed by atoms with Gasteiger partial charge in [-0.1, -0.05) is 33.6 Å². The first-order valence-electron chi connectivity index (χ1n) is 9.83. The predicted octanol–water partition coefficient (Wildman–Crippen LogP) is 4.31.